The van der Waals surface area contributed by atoms with Crippen molar-refractivity contribution in [1.82, 2.24) is 0 Å². The molecule has 4 aliphatic rings. The SMILES string of the molecule is C[C@H]1CCC=C2C[C@H]3OC(=O)[C@@H](C[NH+]4CC[NH+](CCOCCO)CC4)[C@H]3[C@@H](O)[C@@]21C. The Morgan fingerprint density at radius 2 is 1.97 bits per heavy atom. The lowest BCUT2D eigenvalue weighted by Gasteiger charge is -2.51. The van der Waals surface area contributed by atoms with Gasteiger partial charge < -0.3 is 29.5 Å². The summed E-state index contributed by atoms with van der Waals surface area (Å²) in [5, 5.41) is 20.3. The lowest BCUT2D eigenvalue weighted by molar-refractivity contribution is -1.01. The quantitative estimate of drug-likeness (QED) is 0.217. The van der Waals surface area contributed by atoms with Gasteiger partial charge in [0.2, 0.25) is 0 Å². The molecule has 0 unspecified atom stereocenters. The molecular weight excluding hydrogens is 384 g/mol. The van der Waals surface area contributed by atoms with Gasteiger partial charge in [0.05, 0.1) is 32.5 Å². The molecule has 7 nitrogen and oxygen atoms in total. The maximum absolute atomic E-state index is 12.8. The number of rotatable bonds is 7. The number of aliphatic hydroxyl groups excluding tert-OH is 2. The van der Waals surface area contributed by atoms with Gasteiger partial charge in [0.25, 0.3) is 0 Å². The number of piperazine rings is 1. The maximum atomic E-state index is 12.8. The summed E-state index contributed by atoms with van der Waals surface area (Å²) < 4.78 is 11.2. The highest BCUT2D eigenvalue weighted by atomic mass is 16.6. The minimum Gasteiger partial charge on any atom is -0.461 e. The molecular formula is C23H40N2O5+2. The van der Waals surface area contributed by atoms with Crippen LogP contribution in [0.2, 0.25) is 0 Å². The summed E-state index contributed by atoms with van der Waals surface area (Å²) in [5.41, 5.74) is 1.08. The first kappa shape index (κ1) is 22.2. The summed E-state index contributed by atoms with van der Waals surface area (Å²) in [6, 6.07) is 0. The van der Waals surface area contributed by atoms with Gasteiger partial charge in [-0.3, -0.25) is 4.79 Å². The average Bonchev–Trinajstić information content (AvgIpc) is 3.04. The Kier molecular flexibility index (Phi) is 6.85. The molecule has 0 aromatic carbocycles. The molecule has 2 saturated heterocycles. The molecule has 0 spiro atoms. The molecule has 2 aliphatic carbocycles. The van der Waals surface area contributed by atoms with Crippen molar-refractivity contribution in [2.24, 2.45) is 23.2 Å². The van der Waals surface area contributed by atoms with Gasteiger partial charge in [0.15, 0.2) is 0 Å². The van der Waals surface area contributed by atoms with Crippen LogP contribution in [-0.2, 0) is 14.3 Å². The topological polar surface area (TPSA) is 84.9 Å². The molecule has 7 heteroatoms. The van der Waals surface area contributed by atoms with Crippen molar-refractivity contribution in [2.75, 3.05) is 59.1 Å². The van der Waals surface area contributed by atoms with Crippen LogP contribution in [0.3, 0.4) is 0 Å². The van der Waals surface area contributed by atoms with Gasteiger partial charge in [0, 0.05) is 17.8 Å². The highest BCUT2D eigenvalue weighted by Crippen LogP contribution is 2.55. The zero-order chi connectivity index (χ0) is 21.3. The van der Waals surface area contributed by atoms with Gasteiger partial charge in [-0.25, -0.2) is 0 Å². The van der Waals surface area contributed by atoms with E-state index in [1.54, 1.807) is 0 Å². The Labute approximate surface area is 180 Å². The molecule has 0 bridgehead atoms. The molecule has 0 aromatic rings. The third-order valence-corrected chi connectivity index (χ3v) is 8.58. The number of esters is 1. The Balaban J connectivity index is 1.36. The van der Waals surface area contributed by atoms with Crippen molar-refractivity contribution >= 4 is 5.97 Å². The summed E-state index contributed by atoms with van der Waals surface area (Å²) in [7, 11) is 0. The number of allylic oxidation sites excluding steroid dienone is 1. The molecule has 0 radical (unpaired) electrons. The molecule has 1 saturated carbocycles. The number of carbonyl (C=O) groups is 1. The molecule has 2 aliphatic heterocycles. The minimum atomic E-state index is -0.510. The predicted molar refractivity (Wildman–Crippen MR) is 111 cm³/mol. The number of carbonyl (C=O) groups excluding carboxylic acids is 1. The number of fused-ring (bicyclic) bond motifs is 2. The molecule has 0 aromatic heterocycles. The molecule has 30 heavy (non-hydrogen) atoms. The van der Waals surface area contributed by atoms with Crippen LogP contribution in [-0.4, -0.2) is 87.5 Å². The van der Waals surface area contributed by atoms with E-state index < -0.39 is 6.10 Å². The fourth-order valence-electron chi connectivity index (χ4n) is 6.40. The van der Waals surface area contributed by atoms with Crippen LogP contribution in [0.15, 0.2) is 11.6 Å². The monoisotopic (exact) mass is 424 g/mol. The van der Waals surface area contributed by atoms with Crippen molar-refractivity contribution in [3.63, 3.8) is 0 Å². The lowest BCUT2D eigenvalue weighted by Crippen LogP contribution is -3.28. The van der Waals surface area contributed by atoms with E-state index in [0.717, 1.165) is 58.5 Å². The van der Waals surface area contributed by atoms with Crippen molar-refractivity contribution in [3.8, 4) is 0 Å². The first-order chi connectivity index (χ1) is 14.4. The van der Waals surface area contributed by atoms with Gasteiger partial charge in [-0.1, -0.05) is 25.5 Å². The van der Waals surface area contributed by atoms with Gasteiger partial charge in [-0.05, 0) is 18.8 Å². The van der Waals surface area contributed by atoms with Crippen LogP contribution in [0.25, 0.3) is 0 Å². The summed E-state index contributed by atoms with van der Waals surface area (Å²) >= 11 is 0. The van der Waals surface area contributed by atoms with Crippen molar-refractivity contribution < 1.29 is 34.3 Å². The van der Waals surface area contributed by atoms with Crippen LogP contribution in [0.4, 0.5) is 0 Å². The van der Waals surface area contributed by atoms with Gasteiger partial charge in [-0.2, -0.15) is 0 Å². The lowest BCUT2D eigenvalue weighted by atomic mass is 9.55. The molecule has 6 atom stereocenters. The molecule has 170 valence electrons. The zero-order valence-corrected chi connectivity index (χ0v) is 18.6. The number of aliphatic hydroxyl groups is 2. The van der Waals surface area contributed by atoms with Crippen LogP contribution in [0.1, 0.15) is 33.1 Å². The van der Waals surface area contributed by atoms with E-state index in [9.17, 15) is 9.90 Å². The van der Waals surface area contributed by atoms with Crippen LogP contribution < -0.4 is 9.80 Å². The van der Waals surface area contributed by atoms with Crippen LogP contribution >= 0.6 is 0 Å². The van der Waals surface area contributed by atoms with E-state index in [4.69, 9.17) is 14.6 Å². The second kappa shape index (κ2) is 9.25. The van der Waals surface area contributed by atoms with Crippen LogP contribution in [0, 0.1) is 23.2 Å². The van der Waals surface area contributed by atoms with Gasteiger partial charge in [-0.15, -0.1) is 0 Å². The van der Waals surface area contributed by atoms with E-state index >= 15 is 0 Å². The number of hydrogen-bond acceptors (Lipinski definition) is 5. The Bertz CT molecular complexity index is 648. The highest BCUT2D eigenvalue weighted by molar-refractivity contribution is 5.76. The van der Waals surface area contributed by atoms with E-state index in [-0.39, 0.29) is 35.9 Å². The predicted octanol–water partition coefficient (Wildman–Crippen LogP) is -1.94. The smallest absolute Gasteiger partial charge is 0.315 e. The Morgan fingerprint density at radius 3 is 2.70 bits per heavy atom. The third kappa shape index (κ3) is 4.07. The first-order valence-corrected chi connectivity index (χ1v) is 11.9. The number of ether oxygens (including phenoxy) is 2. The fraction of sp³-hybridized carbons (Fsp3) is 0.870. The largest absolute Gasteiger partial charge is 0.461 e. The number of nitrogens with one attached hydrogen (secondary N) is 2. The molecule has 0 amide bonds. The summed E-state index contributed by atoms with van der Waals surface area (Å²) in [6.45, 7) is 11.6. The van der Waals surface area contributed by atoms with E-state index in [2.05, 4.69) is 19.9 Å². The molecule has 4 rings (SSSR count). The molecule has 4 N–H and O–H groups in total. The van der Waals surface area contributed by atoms with E-state index in [1.165, 1.54) is 15.4 Å². The summed E-state index contributed by atoms with van der Waals surface area (Å²) in [4.78, 5) is 15.8. The second-order valence-corrected chi connectivity index (χ2v) is 10.1. The number of quaternary nitrogens is 2. The van der Waals surface area contributed by atoms with Gasteiger partial charge in [0.1, 0.15) is 44.7 Å². The fourth-order valence-corrected chi connectivity index (χ4v) is 6.40. The third-order valence-electron chi connectivity index (χ3n) is 8.58. The maximum Gasteiger partial charge on any atom is 0.315 e. The normalized spacial score (nSPS) is 43.5. The molecule has 2 heterocycles. The first-order valence-electron chi connectivity index (χ1n) is 11.9. The summed E-state index contributed by atoms with van der Waals surface area (Å²) in [6.07, 6.45) is 4.59. The summed E-state index contributed by atoms with van der Waals surface area (Å²) in [5.74, 6) is 0.0588. The number of hydrogen-bond donors (Lipinski definition) is 4. The van der Waals surface area contributed by atoms with Crippen molar-refractivity contribution in [3.05, 3.63) is 11.6 Å². The van der Waals surface area contributed by atoms with E-state index in [1.807, 2.05) is 0 Å². The van der Waals surface area contributed by atoms with Crippen LogP contribution in [0.5, 0.6) is 0 Å². The second-order valence-electron chi connectivity index (χ2n) is 10.1. The van der Waals surface area contributed by atoms with E-state index in [0.29, 0.717) is 19.1 Å². The zero-order valence-electron chi connectivity index (χ0n) is 18.6. The van der Waals surface area contributed by atoms with Gasteiger partial charge >= 0.3 is 5.97 Å². The minimum absolute atomic E-state index is 0.0772. The van der Waals surface area contributed by atoms with Crippen molar-refractivity contribution in [2.45, 2.75) is 45.3 Å². The Hall–Kier alpha value is -0.990. The average molecular weight is 425 g/mol. The Morgan fingerprint density at radius 1 is 1.23 bits per heavy atom. The highest BCUT2D eigenvalue weighted by Gasteiger charge is 2.60. The standard InChI is InChI=1S/C23H38N2O5/c1-16-4-3-5-17-14-19-20(21(27)23(16,17)2)18(22(28)30-19)15-25-8-6-24(7-9-25)10-12-29-13-11-26/h5,16,18-21,26-27H,3-4,6-15H2,1-2H3/p+2/t16-,18-,19+,20+,21+,23+/m0/s1. The molecule has 3 fully saturated rings. The van der Waals surface area contributed by atoms with Crippen molar-refractivity contribution in [1.29, 1.82) is 0 Å².